The molecule has 4 rings (SSSR count). The summed E-state index contributed by atoms with van der Waals surface area (Å²) in [5, 5.41) is 0. The molecule has 0 atom stereocenters. The van der Waals surface area contributed by atoms with E-state index in [1.807, 2.05) is 60.7 Å². The summed E-state index contributed by atoms with van der Waals surface area (Å²) in [7, 11) is 0. The van der Waals surface area contributed by atoms with Gasteiger partial charge in [0.25, 0.3) is 0 Å². The molecule has 0 amide bonds. The van der Waals surface area contributed by atoms with Crippen LogP contribution in [-0.4, -0.2) is 0 Å². The van der Waals surface area contributed by atoms with Crippen LogP contribution in [0.3, 0.4) is 0 Å². The van der Waals surface area contributed by atoms with Gasteiger partial charge in [0.2, 0.25) is 0 Å². The molecule has 0 spiro atoms. The predicted octanol–water partition coefficient (Wildman–Crippen LogP) is 5.93. The summed E-state index contributed by atoms with van der Waals surface area (Å²) in [5.74, 6) is 2.52. The Bertz CT molecular complexity index is 1170. The quantitative estimate of drug-likeness (QED) is 0.276. The second-order valence-corrected chi connectivity index (χ2v) is 8.47. The highest BCUT2D eigenvalue weighted by molar-refractivity contribution is 5.61. The molecule has 0 saturated heterocycles. The van der Waals surface area contributed by atoms with Crippen molar-refractivity contribution >= 4 is 22.7 Å². The highest BCUT2D eigenvalue weighted by Crippen LogP contribution is 2.39. The number of benzene rings is 4. The van der Waals surface area contributed by atoms with E-state index in [4.69, 9.17) is 32.4 Å². The lowest BCUT2D eigenvalue weighted by molar-refractivity contribution is 0.484. The Kier molecular flexibility index (Phi) is 5.75. The van der Waals surface area contributed by atoms with Crippen molar-refractivity contribution in [1.29, 1.82) is 0 Å². The summed E-state index contributed by atoms with van der Waals surface area (Å²) in [5.41, 5.74) is 28.3. The van der Waals surface area contributed by atoms with Crippen LogP contribution in [0.5, 0.6) is 23.0 Å². The SMILES string of the molecule is CC(C)(c1ccc(Oc2ccc(N)cc2)c(N)c1)c1ccc(Oc2ccc(N)cc2)c(N)c1. The summed E-state index contributed by atoms with van der Waals surface area (Å²) in [4.78, 5) is 0. The number of rotatable bonds is 6. The lowest BCUT2D eigenvalue weighted by Crippen LogP contribution is -2.19. The van der Waals surface area contributed by atoms with Gasteiger partial charge in [0.05, 0.1) is 11.4 Å². The van der Waals surface area contributed by atoms with E-state index >= 15 is 0 Å². The van der Waals surface area contributed by atoms with Gasteiger partial charge in [0, 0.05) is 16.8 Å². The minimum Gasteiger partial charge on any atom is -0.455 e. The van der Waals surface area contributed by atoms with E-state index in [-0.39, 0.29) is 5.41 Å². The molecule has 0 aliphatic carbocycles. The fourth-order valence-corrected chi connectivity index (χ4v) is 3.55. The van der Waals surface area contributed by atoms with Gasteiger partial charge in [0.15, 0.2) is 0 Å². The van der Waals surface area contributed by atoms with Gasteiger partial charge < -0.3 is 32.4 Å². The average Bonchev–Trinajstić information content (AvgIpc) is 2.79. The predicted molar refractivity (Wildman–Crippen MR) is 136 cm³/mol. The largest absolute Gasteiger partial charge is 0.455 e. The molecular formula is C27H28N4O2. The zero-order valence-corrected chi connectivity index (χ0v) is 18.7. The minimum atomic E-state index is -0.346. The van der Waals surface area contributed by atoms with Crippen molar-refractivity contribution in [1.82, 2.24) is 0 Å². The van der Waals surface area contributed by atoms with Gasteiger partial charge in [-0.3, -0.25) is 0 Å². The molecule has 0 aliphatic heterocycles. The first kappa shape index (κ1) is 21.9. The van der Waals surface area contributed by atoms with Crippen LogP contribution >= 0.6 is 0 Å². The lowest BCUT2D eigenvalue weighted by atomic mass is 9.78. The van der Waals surface area contributed by atoms with Crippen LogP contribution < -0.4 is 32.4 Å². The monoisotopic (exact) mass is 440 g/mol. The minimum absolute atomic E-state index is 0.346. The molecule has 4 aromatic carbocycles. The Labute approximate surface area is 193 Å². The van der Waals surface area contributed by atoms with Crippen molar-refractivity contribution in [3.05, 3.63) is 96.1 Å². The highest BCUT2D eigenvalue weighted by atomic mass is 16.5. The smallest absolute Gasteiger partial charge is 0.150 e. The molecule has 0 aromatic heterocycles. The van der Waals surface area contributed by atoms with Gasteiger partial charge in [-0.05, 0) is 83.9 Å². The van der Waals surface area contributed by atoms with E-state index < -0.39 is 0 Å². The molecule has 0 fully saturated rings. The van der Waals surface area contributed by atoms with Crippen LogP contribution in [0.1, 0.15) is 25.0 Å². The number of anilines is 4. The fraction of sp³-hybridized carbons (Fsp3) is 0.111. The van der Waals surface area contributed by atoms with Crippen molar-refractivity contribution in [2.75, 3.05) is 22.9 Å². The van der Waals surface area contributed by atoms with Crippen molar-refractivity contribution in [2.24, 2.45) is 0 Å². The number of nitrogens with two attached hydrogens (primary N) is 4. The first-order valence-corrected chi connectivity index (χ1v) is 10.6. The van der Waals surface area contributed by atoms with E-state index in [9.17, 15) is 0 Å². The Morgan fingerprint density at radius 3 is 1.21 bits per heavy atom. The molecule has 0 saturated carbocycles. The Balaban J connectivity index is 1.55. The molecule has 6 heteroatoms. The topological polar surface area (TPSA) is 123 Å². The van der Waals surface area contributed by atoms with Crippen LogP contribution in [0.2, 0.25) is 0 Å². The zero-order chi connectivity index (χ0) is 23.6. The molecule has 0 bridgehead atoms. The van der Waals surface area contributed by atoms with Gasteiger partial charge >= 0.3 is 0 Å². The average molecular weight is 441 g/mol. The third-order valence-electron chi connectivity index (χ3n) is 5.68. The third kappa shape index (κ3) is 4.80. The van der Waals surface area contributed by atoms with E-state index in [2.05, 4.69) is 13.8 Å². The van der Waals surface area contributed by atoms with Crippen molar-refractivity contribution in [3.8, 4) is 23.0 Å². The Hall–Kier alpha value is -4.32. The summed E-state index contributed by atoms with van der Waals surface area (Å²) in [6.07, 6.45) is 0. The molecule has 0 aliphatic rings. The van der Waals surface area contributed by atoms with E-state index in [1.165, 1.54) is 0 Å². The Morgan fingerprint density at radius 1 is 0.515 bits per heavy atom. The number of hydrogen-bond acceptors (Lipinski definition) is 6. The molecule has 4 aromatic rings. The van der Waals surface area contributed by atoms with E-state index in [1.54, 1.807) is 24.3 Å². The Morgan fingerprint density at radius 2 is 0.879 bits per heavy atom. The van der Waals surface area contributed by atoms with Crippen LogP contribution in [-0.2, 0) is 5.41 Å². The van der Waals surface area contributed by atoms with Crippen LogP contribution in [0.4, 0.5) is 22.7 Å². The molecule has 0 radical (unpaired) electrons. The van der Waals surface area contributed by atoms with Gasteiger partial charge in [-0.1, -0.05) is 26.0 Å². The summed E-state index contributed by atoms with van der Waals surface area (Å²) >= 11 is 0. The standard InChI is InChI=1S/C27H28N4O2/c1-27(2,17-3-13-25(23(30)15-17)32-21-9-5-19(28)6-10-21)18-4-14-26(24(31)16-18)33-22-11-7-20(29)8-12-22/h3-16H,28-31H2,1-2H3. The molecule has 33 heavy (non-hydrogen) atoms. The number of nitrogen functional groups attached to an aromatic ring is 4. The third-order valence-corrected chi connectivity index (χ3v) is 5.68. The number of hydrogen-bond donors (Lipinski definition) is 4. The molecule has 0 heterocycles. The highest BCUT2D eigenvalue weighted by Gasteiger charge is 2.25. The van der Waals surface area contributed by atoms with Gasteiger partial charge in [-0.15, -0.1) is 0 Å². The molecule has 8 N–H and O–H groups in total. The van der Waals surface area contributed by atoms with Crippen LogP contribution in [0.15, 0.2) is 84.9 Å². The van der Waals surface area contributed by atoms with Gasteiger partial charge in [-0.2, -0.15) is 0 Å². The molecule has 168 valence electrons. The van der Waals surface area contributed by atoms with Crippen LogP contribution in [0, 0.1) is 0 Å². The zero-order valence-electron chi connectivity index (χ0n) is 18.7. The molecule has 6 nitrogen and oxygen atoms in total. The van der Waals surface area contributed by atoms with Crippen molar-refractivity contribution < 1.29 is 9.47 Å². The maximum atomic E-state index is 6.32. The maximum absolute atomic E-state index is 6.32. The summed E-state index contributed by atoms with van der Waals surface area (Å²) < 4.78 is 11.8. The van der Waals surface area contributed by atoms with Crippen LogP contribution in [0.25, 0.3) is 0 Å². The maximum Gasteiger partial charge on any atom is 0.150 e. The van der Waals surface area contributed by atoms with E-state index in [0.29, 0.717) is 45.7 Å². The van der Waals surface area contributed by atoms with Gasteiger partial charge in [-0.25, -0.2) is 0 Å². The van der Waals surface area contributed by atoms with E-state index in [0.717, 1.165) is 11.1 Å². The fourth-order valence-electron chi connectivity index (χ4n) is 3.55. The lowest BCUT2D eigenvalue weighted by Gasteiger charge is -2.27. The first-order valence-electron chi connectivity index (χ1n) is 10.6. The summed E-state index contributed by atoms with van der Waals surface area (Å²) in [6, 6.07) is 26.0. The number of ether oxygens (including phenoxy) is 2. The normalized spacial score (nSPS) is 11.2. The van der Waals surface area contributed by atoms with Crippen molar-refractivity contribution in [2.45, 2.75) is 19.3 Å². The molecular weight excluding hydrogens is 412 g/mol. The van der Waals surface area contributed by atoms with Gasteiger partial charge in [0.1, 0.15) is 23.0 Å². The first-order chi connectivity index (χ1) is 15.7. The second kappa shape index (κ2) is 8.67. The second-order valence-electron chi connectivity index (χ2n) is 8.47. The van der Waals surface area contributed by atoms with Crippen molar-refractivity contribution in [3.63, 3.8) is 0 Å². The summed E-state index contributed by atoms with van der Waals surface area (Å²) in [6.45, 7) is 4.25. The molecule has 0 unspecified atom stereocenters.